The van der Waals surface area contributed by atoms with Gasteiger partial charge in [0.25, 0.3) is 0 Å². The van der Waals surface area contributed by atoms with Crippen molar-refractivity contribution in [3.63, 3.8) is 0 Å². The van der Waals surface area contributed by atoms with Gasteiger partial charge in [-0.2, -0.15) is 0 Å². The molecule has 124 valence electrons. The van der Waals surface area contributed by atoms with Crippen LogP contribution in [0.5, 0.6) is 0 Å². The van der Waals surface area contributed by atoms with Crippen LogP contribution in [-0.4, -0.2) is 18.2 Å². The van der Waals surface area contributed by atoms with Gasteiger partial charge in [0.15, 0.2) is 0 Å². The van der Waals surface area contributed by atoms with Crippen molar-refractivity contribution < 1.29 is 9.53 Å². The zero-order valence-corrected chi connectivity index (χ0v) is 14.7. The number of allylic oxidation sites excluding steroid dienone is 1. The van der Waals surface area contributed by atoms with E-state index in [4.69, 9.17) is 4.74 Å². The van der Waals surface area contributed by atoms with Crippen LogP contribution < -0.4 is 5.32 Å². The summed E-state index contributed by atoms with van der Waals surface area (Å²) in [6, 6.07) is 0. The second kappa shape index (κ2) is 10.7. The van der Waals surface area contributed by atoms with Crippen molar-refractivity contribution in [2.75, 3.05) is 6.54 Å². The zero-order valence-electron chi connectivity index (χ0n) is 14.7. The van der Waals surface area contributed by atoms with E-state index in [1.54, 1.807) is 0 Å². The first kappa shape index (κ1) is 20.0. The molecule has 0 aliphatic carbocycles. The maximum absolute atomic E-state index is 11.5. The third-order valence-electron chi connectivity index (χ3n) is 3.71. The Balaban J connectivity index is 3.72. The monoisotopic (exact) mass is 297 g/mol. The Morgan fingerprint density at radius 2 is 1.86 bits per heavy atom. The third kappa shape index (κ3) is 12.5. The number of alkyl carbamates (subject to hydrolysis) is 1. The van der Waals surface area contributed by atoms with Gasteiger partial charge in [0, 0.05) is 6.54 Å². The summed E-state index contributed by atoms with van der Waals surface area (Å²) in [5.41, 5.74) is -0.419. The molecule has 21 heavy (non-hydrogen) atoms. The average molecular weight is 297 g/mol. The van der Waals surface area contributed by atoms with E-state index in [1.165, 1.54) is 32.1 Å². The van der Waals surface area contributed by atoms with Crippen LogP contribution >= 0.6 is 0 Å². The first-order valence-corrected chi connectivity index (χ1v) is 8.37. The molecule has 3 nitrogen and oxygen atoms in total. The summed E-state index contributed by atoms with van der Waals surface area (Å²) >= 11 is 0. The van der Waals surface area contributed by atoms with Gasteiger partial charge < -0.3 is 10.1 Å². The van der Waals surface area contributed by atoms with Gasteiger partial charge in [0.05, 0.1) is 0 Å². The second-order valence-corrected chi connectivity index (χ2v) is 6.99. The van der Waals surface area contributed by atoms with Gasteiger partial charge in [-0.25, -0.2) is 4.79 Å². The molecule has 0 aromatic carbocycles. The van der Waals surface area contributed by atoms with E-state index in [1.807, 2.05) is 26.8 Å². The Hall–Kier alpha value is -0.990. The molecule has 0 aromatic rings. The fraction of sp³-hybridized carbons (Fsp3) is 0.833. The minimum atomic E-state index is -0.419. The van der Waals surface area contributed by atoms with Crippen LogP contribution in [0.2, 0.25) is 0 Å². The van der Waals surface area contributed by atoms with Crippen LogP contribution in [0, 0.1) is 11.8 Å². The van der Waals surface area contributed by atoms with Gasteiger partial charge in [0.2, 0.25) is 0 Å². The summed E-state index contributed by atoms with van der Waals surface area (Å²) in [6.45, 7) is 14.6. The lowest BCUT2D eigenvalue weighted by molar-refractivity contribution is 0.0526. The van der Waals surface area contributed by atoms with Crippen molar-refractivity contribution in [2.45, 2.75) is 78.7 Å². The summed E-state index contributed by atoms with van der Waals surface area (Å²) < 4.78 is 5.22. The summed E-state index contributed by atoms with van der Waals surface area (Å²) in [6.07, 6.45) is 8.92. The van der Waals surface area contributed by atoms with E-state index in [9.17, 15) is 4.79 Å². The zero-order chi connectivity index (χ0) is 16.3. The fourth-order valence-electron chi connectivity index (χ4n) is 2.29. The highest BCUT2D eigenvalue weighted by Crippen LogP contribution is 2.20. The van der Waals surface area contributed by atoms with Crippen molar-refractivity contribution in [3.05, 3.63) is 12.7 Å². The highest BCUT2D eigenvalue weighted by atomic mass is 16.6. The van der Waals surface area contributed by atoms with Gasteiger partial charge in [-0.15, -0.1) is 6.58 Å². The van der Waals surface area contributed by atoms with E-state index in [0.717, 1.165) is 12.3 Å². The quantitative estimate of drug-likeness (QED) is 0.438. The second-order valence-electron chi connectivity index (χ2n) is 6.99. The number of hydrogen-bond acceptors (Lipinski definition) is 2. The molecule has 0 fully saturated rings. The van der Waals surface area contributed by atoms with Gasteiger partial charge in [-0.1, -0.05) is 39.2 Å². The van der Waals surface area contributed by atoms with E-state index in [-0.39, 0.29) is 6.09 Å². The number of carbonyl (C=O) groups excluding carboxylic acids is 1. The van der Waals surface area contributed by atoms with Crippen LogP contribution in [0.25, 0.3) is 0 Å². The molecule has 0 aromatic heterocycles. The Morgan fingerprint density at radius 3 is 2.38 bits per heavy atom. The van der Waals surface area contributed by atoms with Crippen LogP contribution in [0.3, 0.4) is 0 Å². The van der Waals surface area contributed by atoms with E-state index in [2.05, 4.69) is 25.7 Å². The van der Waals surface area contributed by atoms with Crippen molar-refractivity contribution >= 4 is 6.09 Å². The lowest BCUT2D eigenvalue weighted by atomic mass is 9.92. The molecule has 0 saturated heterocycles. The number of carbonyl (C=O) groups is 1. The molecule has 0 spiro atoms. The third-order valence-corrected chi connectivity index (χ3v) is 3.71. The first-order chi connectivity index (χ1) is 9.78. The van der Waals surface area contributed by atoms with Gasteiger partial charge in [-0.3, -0.25) is 0 Å². The molecule has 0 radical (unpaired) electrons. The maximum atomic E-state index is 11.5. The van der Waals surface area contributed by atoms with Crippen LogP contribution in [0.4, 0.5) is 4.79 Å². The topological polar surface area (TPSA) is 38.3 Å². The lowest BCUT2D eigenvalue weighted by Gasteiger charge is -2.20. The Kier molecular flexibility index (Phi) is 10.2. The van der Waals surface area contributed by atoms with Gasteiger partial charge in [0.1, 0.15) is 5.60 Å². The molecular weight excluding hydrogens is 262 g/mol. The standard InChI is InChI=1S/C18H35NO2/c1-7-15(3)11-9-12-16(8-2)13-10-14-19-17(20)21-18(4,5)6/h7,15-16H,1,8-14H2,2-6H3,(H,19,20)/t15-,16-/m0/s1. The van der Waals surface area contributed by atoms with E-state index < -0.39 is 5.60 Å². The minimum Gasteiger partial charge on any atom is -0.444 e. The molecule has 0 rings (SSSR count). The molecule has 2 atom stereocenters. The molecule has 3 heteroatoms. The minimum absolute atomic E-state index is 0.310. The maximum Gasteiger partial charge on any atom is 0.407 e. The SMILES string of the molecule is C=C[C@H](C)CCC[C@H](CC)CCCNC(=O)OC(C)(C)C. The smallest absolute Gasteiger partial charge is 0.407 e. The molecule has 0 bridgehead atoms. The van der Waals surface area contributed by atoms with Crippen LogP contribution in [-0.2, 0) is 4.74 Å². The summed E-state index contributed by atoms with van der Waals surface area (Å²) in [4.78, 5) is 11.5. The number of ether oxygens (including phenoxy) is 1. The summed E-state index contributed by atoms with van der Waals surface area (Å²) in [5, 5.41) is 2.83. The lowest BCUT2D eigenvalue weighted by Crippen LogP contribution is -2.33. The average Bonchev–Trinajstić information content (AvgIpc) is 2.39. The van der Waals surface area contributed by atoms with Crippen molar-refractivity contribution in [1.29, 1.82) is 0 Å². The largest absolute Gasteiger partial charge is 0.444 e. The van der Waals surface area contributed by atoms with E-state index >= 15 is 0 Å². The molecule has 0 aliphatic heterocycles. The molecule has 0 aliphatic rings. The van der Waals surface area contributed by atoms with Gasteiger partial charge in [-0.05, 0) is 51.9 Å². The van der Waals surface area contributed by atoms with Crippen molar-refractivity contribution in [2.24, 2.45) is 11.8 Å². The predicted octanol–water partition coefficient (Wildman–Crippen LogP) is 5.31. The van der Waals surface area contributed by atoms with E-state index in [0.29, 0.717) is 12.5 Å². The number of hydrogen-bond donors (Lipinski definition) is 1. The molecule has 0 heterocycles. The molecule has 0 saturated carbocycles. The predicted molar refractivity (Wildman–Crippen MR) is 90.5 cm³/mol. The molecule has 1 N–H and O–H groups in total. The van der Waals surface area contributed by atoms with Crippen molar-refractivity contribution in [3.8, 4) is 0 Å². The molecule has 0 unspecified atom stereocenters. The molecular formula is C18H35NO2. The highest BCUT2D eigenvalue weighted by molar-refractivity contribution is 5.67. The summed E-state index contributed by atoms with van der Waals surface area (Å²) in [7, 11) is 0. The molecule has 1 amide bonds. The number of nitrogens with one attached hydrogen (secondary N) is 1. The Bertz CT molecular complexity index is 294. The Labute approximate surface area is 131 Å². The number of rotatable bonds is 10. The Morgan fingerprint density at radius 1 is 1.24 bits per heavy atom. The highest BCUT2D eigenvalue weighted by Gasteiger charge is 2.15. The van der Waals surface area contributed by atoms with Crippen molar-refractivity contribution in [1.82, 2.24) is 5.32 Å². The van der Waals surface area contributed by atoms with Crippen LogP contribution in [0.15, 0.2) is 12.7 Å². The fourth-order valence-corrected chi connectivity index (χ4v) is 2.29. The first-order valence-electron chi connectivity index (χ1n) is 8.37. The summed E-state index contributed by atoms with van der Waals surface area (Å²) in [5.74, 6) is 1.39. The van der Waals surface area contributed by atoms with Crippen LogP contribution in [0.1, 0.15) is 73.1 Å². The van der Waals surface area contributed by atoms with Gasteiger partial charge >= 0.3 is 6.09 Å². The number of amides is 1. The normalized spacial score (nSPS) is 14.3.